The van der Waals surface area contributed by atoms with E-state index in [0.717, 1.165) is 37.2 Å². The third kappa shape index (κ3) is 4.74. The first-order chi connectivity index (χ1) is 13.3. The van der Waals surface area contributed by atoms with Crippen molar-refractivity contribution in [3.8, 4) is 0 Å². The van der Waals surface area contributed by atoms with Crippen LogP contribution >= 0.6 is 0 Å². The summed E-state index contributed by atoms with van der Waals surface area (Å²) in [6.07, 6.45) is 3.14. The molecule has 7 nitrogen and oxygen atoms in total. The minimum atomic E-state index is -3.60. The molecule has 28 heavy (non-hydrogen) atoms. The highest BCUT2D eigenvalue weighted by Gasteiger charge is 2.32. The van der Waals surface area contributed by atoms with Gasteiger partial charge in [0.2, 0.25) is 15.9 Å². The average Bonchev–Trinajstić information content (AvgIpc) is 3.11. The van der Waals surface area contributed by atoms with Gasteiger partial charge in [-0.15, -0.1) is 0 Å². The average molecular weight is 409 g/mol. The number of hydrogen-bond donors (Lipinski definition) is 1. The zero-order valence-electron chi connectivity index (χ0n) is 17.1. The van der Waals surface area contributed by atoms with Gasteiger partial charge in [0, 0.05) is 37.8 Å². The summed E-state index contributed by atoms with van der Waals surface area (Å²) in [5.41, 5.74) is 1.62. The first-order valence-electron chi connectivity index (χ1n) is 10.1. The van der Waals surface area contributed by atoms with E-state index in [1.165, 1.54) is 0 Å². The molecule has 1 fully saturated rings. The minimum Gasteiger partial charge on any atom is -0.326 e. The number of sulfonamides is 1. The number of anilines is 1. The van der Waals surface area contributed by atoms with Crippen molar-refractivity contribution in [3.63, 3.8) is 0 Å². The molecule has 1 atom stereocenters. The van der Waals surface area contributed by atoms with Crippen molar-refractivity contribution >= 4 is 21.6 Å². The van der Waals surface area contributed by atoms with Crippen LogP contribution in [0.2, 0.25) is 0 Å². The van der Waals surface area contributed by atoms with Crippen LogP contribution in [-0.2, 0) is 21.2 Å². The molecular weight excluding hydrogens is 376 g/mol. The second-order valence-corrected chi connectivity index (χ2v) is 9.90. The van der Waals surface area contributed by atoms with Gasteiger partial charge in [0.05, 0.1) is 4.90 Å². The van der Waals surface area contributed by atoms with Crippen molar-refractivity contribution in [2.45, 2.75) is 43.5 Å². The number of carbonyl (C=O) groups is 1. The van der Waals surface area contributed by atoms with E-state index in [1.807, 2.05) is 19.0 Å². The summed E-state index contributed by atoms with van der Waals surface area (Å²) < 4.78 is 28.6. The molecule has 2 aliphatic heterocycles. The summed E-state index contributed by atoms with van der Waals surface area (Å²) in [6, 6.07) is 5.35. The first-order valence-corrected chi connectivity index (χ1v) is 11.6. The van der Waals surface area contributed by atoms with Gasteiger partial charge in [0.15, 0.2) is 0 Å². The second-order valence-electron chi connectivity index (χ2n) is 7.96. The maximum absolute atomic E-state index is 13.5. The lowest BCUT2D eigenvalue weighted by atomic mass is 10.0. The van der Waals surface area contributed by atoms with Crippen LogP contribution in [0.25, 0.3) is 0 Å². The van der Waals surface area contributed by atoms with Gasteiger partial charge in [-0.1, -0.05) is 6.92 Å². The fourth-order valence-corrected chi connectivity index (χ4v) is 5.56. The van der Waals surface area contributed by atoms with E-state index in [9.17, 15) is 13.2 Å². The fraction of sp³-hybridized carbons (Fsp3) is 0.650. The molecule has 1 saturated heterocycles. The molecule has 0 saturated carbocycles. The molecule has 0 aliphatic carbocycles. The number of amides is 1. The number of likely N-dealkylation sites (N-methyl/N-ethyl adjacent to an activating group) is 2. The Morgan fingerprint density at radius 2 is 2.00 bits per heavy atom. The van der Waals surface area contributed by atoms with Crippen molar-refractivity contribution in [1.29, 1.82) is 0 Å². The number of carbonyl (C=O) groups excluding carboxylic acids is 1. The van der Waals surface area contributed by atoms with Crippen molar-refractivity contribution in [2.24, 2.45) is 0 Å². The number of fused-ring (bicyclic) bond motifs is 1. The van der Waals surface area contributed by atoms with E-state index in [0.29, 0.717) is 37.4 Å². The van der Waals surface area contributed by atoms with Crippen molar-refractivity contribution < 1.29 is 13.2 Å². The largest absolute Gasteiger partial charge is 0.326 e. The monoisotopic (exact) mass is 408 g/mol. The quantitative estimate of drug-likeness (QED) is 0.707. The Morgan fingerprint density at radius 3 is 2.71 bits per heavy atom. The Labute approximate surface area is 168 Å². The standard InChI is InChI=1S/C20H32N4O3S/c1-4-23-11-5-6-17(23)15-24(13-12-22(2)3)28(26,27)18-8-9-19-16(14-18)7-10-20(25)21-19/h8-9,14,17H,4-7,10-13,15H2,1-3H3,(H,21,25). The number of nitrogens with zero attached hydrogens (tertiary/aromatic N) is 3. The fourth-order valence-electron chi connectivity index (χ4n) is 4.04. The molecule has 1 N–H and O–H groups in total. The van der Waals surface area contributed by atoms with E-state index in [-0.39, 0.29) is 11.9 Å². The highest BCUT2D eigenvalue weighted by Crippen LogP contribution is 2.28. The Kier molecular flexibility index (Phi) is 6.75. The van der Waals surface area contributed by atoms with Gasteiger partial charge in [0.1, 0.15) is 0 Å². The molecule has 3 rings (SSSR count). The van der Waals surface area contributed by atoms with Crippen LogP contribution < -0.4 is 5.32 Å². The molecule has 2 aliphatic rings. The van der Waals surface area contributed by atoms with Crippen molar-refractivity contribution in [3.05, 3.63) is 23.8 Å². The van der Waals surface area contributed by atoms with Gasteiger partial charge in [-0.2, -0.15) is 4.31 Å². The Morgan fingerprint density at radius 1 is 1.21 bits per heavy atom. The maximum atomic E-state index is 13.5. The lowest BCUT2D eigenvalue weighted by Crippen LogP contribution is -2.45. The van der Waals surface area contributed by atoms with Crippen LogP contribution in [0.1, 0.15) is 31.7 Å². The molecule has 8 heteroatoms. The molecule has 0 spiro atoms. The van der Waals surface area contributed by atoms with Crippen LogP contribution in [-0.4, -0.2) is 81.3 Å². The van der Waals surface area contributed by atoms with Crippen molar-refractivity contribution in [2.75, 3.05) is 52.1 Å². The third-order valence-electron chi connectivity index (χ3n) is 5.73. The third-order valence-corrected chi connectivity index (χ3v) is 7.59. The highest BCUT2D eigenvalue weighted by molar-refractivity contribution is 7.89. The lowest BCUT2D eigenvalue weighted by Gasteiger charge is -2.30. The number of likely N-dealkylation sites (tertiary alicyclic amines) is 1. The summed E-state index contributed by atoms with van der Waals surface area (Å²) in [6.45, 7) is 5.80. The topological polar surface area (TPSA) is 73.0 Å². The van der Waals surface area contributed by atoms with E-state index >= 15 is 0 Å². The Bertz CT molecular complexity index is 810. The number of benzene rings is 1. The van der Waals surface area contributed by atoms with Crippen molar-refractivity contribution in [1.82, 2.24) is 14.1 Å². The van der Waals surface area contributed by atoms with Gasteiger partial charge in [-0.05, 0) is 70.2 Å². The molecule has 2 heterocycles. The van der Waals surface area contributed by atoms with Gasteiger partial charge < -0.3 is 10.2 Å². The SMILES string of the molecule is CCN1CCCC1CN(CCN(C)C)S(=O)(=O)c1ccc2c(c1)CCC(=O)N2. The number of hydrogen-bond acceptors (Lipinski definition) is 5. The molecule has 0 radical (unpaired) electrons. The Balaban J connectivity index is 1.85. The Hall–Kier alpha value is -1.48. The van der Waals surface area contributed by atoms with Gasteiger partial charge in [-0.25, -0.2) is 8.42 Å². The van der Waals surface area contributed by atoms with Gasteiger partial charge in [0.25, 0.3) is 0 Å². The molecule has 0 aromatic heterocycles. The second kappa shape index (κ2) is 8.90. The summed E-state index contributed by atoms with van der Waals surface area (Å²) in [7, 11) is 0.322. The van der Waals surface area contributed by atoms with Crippen LogP contribution in [0, 0.1) is 0 Å². The number of rotatable bonds is 8. The first kappa shape index (κ1) is 21.2. The zero-order valence-corrected chi connectivity index (χ0v) is 18.0. The predicted octanol–water partition coefficient (Wildman–Crippen LogP) is 1.61. The summed E-state index contributed by atoms with van der Waals surface area (Å²) >= 11 is 0. The van der Waals surface area contributed by atoms with Gasteiger partial charge in [-0.3, -0.25) is 9.69 Å². The molecule has 0 bridgehead atoms. The van der Waals surface area contributed by atoms with E-state index in [2.05, 4.69) is 17.1 Å². The smallest absolute Gasteiger partial charge is 0.243 e. The summed E-state index contributed by atoms with van der Waals surface area (Å²) in [5.74, 6) is -0.0170. The molecule has 1 aromatic carbocycles. The molecular formula is C20H32N4O3S. The number of aryl methyl sites for hydroxylation is 1. The van der Waals surface area contributed by atoms with Crippen LogP contribution in [0.3, 0.4) is 0 Å². The van der Waals surface area contributed by atoms with Crippen LogP contribution in [0.4, 0.5) is 5.69 Å². The molecule has 1 aromatic rings. The van der Waals surface area contributed by atoms with E-state index < -0.39 is 10.0 Å². The van der Waals surface area contributed by atoms with Crippen LogP contribution in [0.15, 0.2) is 23.1 Å². The van der Waals surface area contributed by atoms with E-state index in [4.69, 9.17) is 0 Å². The highest BCUT2D eigenvalue weighted by atomic mass is 32.2. The summed E-state index contributed by atoms with van der Waals surface area (Å²) in [4.78, 5) is 16.3. The normalized spacial score (nSPS) is 20.6. The molecule has 1 unspecified atom stereocenters. The molecule has 156 valence electrons. The maximum Gasteiger partial charge on any atom is 0.243 e. The van der Waals surface area contributed by atoms with E-state index in [1.54, 1.807) is 22.5 Å². The predicted molar refractivity (Wildman–Crippen MR) is 111 cm³/mol. The number of nitrogens with one attached hydrogen (secondary N) is 1. The van der Waals surface area contributed by atoms with Crippen LogP contribution in [0.5, 0.6) is 0 Å². The summed E-state index contributed by atoms with van der Waals surface area (Å²) in [5, 5.41) is 2.82. The van der Waals surface area contributed by atoms with Gasteiger partial charge >= 0.3 is 0 Å². The zero-order chi connectivity index (χ0) is 20.3. The minimum absolute atomic E-state index is 0.0170. The molecule has 1 amide bonds. The lowest BCUT2D eigenvalue weighted by molar-refractivity contribution is -0.116.